The summed E-state index contributed by atoms with van der Waals surface area (Å²) in [5.41, 5.74) is 20.6. The maximum atomic E-state index is 13.6. The number of aromatic nitrogens is 1. The van der Waals surface area contributed by atoms with Crippen LogP contribution in [0.1, 0.15) is 96.2 Å². The second-order valence-electron chi connectivity index (χ2n) is 14.9. The summed E-state index contributed by atoms with van der Waals surface area (Å²) in [4.78, 5) is 30.4. The number of hydrogen-bond acceptors (Lipinski definition) is 9. The molecule has 0 radical (unpaired) electrons. The molecule has 280 valence electrons. The Hall–Kier alpha value is -4.28. The number of allylic oxidation sites excluding steroid dienone is 5. The van der Waals surface area contributed by atoms with Crippen LogP contribution in [0, 0.1) is 36.5 Å². The predicted octanol–water partition coefficient (Wildman–Crippen LogP) is 6.14. The minimum Gasteiger partial charge on any atom is -0.468 e. The van der Waals surface area contributed by atoms with E-state index in [1.807, 2.05) is 6.08 Å². The van der Waals surface area contributed by atoms with Gasteiger partial charge in [-0.1, -0.05) is 39.7 Å². The summed E-state index contributed by atoms with van der Waals surface area (Å²) in [6, 6.07) is 0. The van der Waals surface area contributed by atoms with E-state index in [1.54, 1.807) is 0 Å². The number of aromatic amines is 1. The lowest BCUT2D eigenvalue weighted by molar-refractivity contribution is -0.148. The van der Waals surface area contributed by atoms with E-state index in [0.29, 0.717) is 12.0 Å². The molecule has 0 spiro atoms. The van der Waals surface area contributed by atoms with E-state index in [2.05, 4.69) is 87.6 Å². The predicted molar refractivity (Wildman–Crippen MR) is 204 cm³/mol. The molecule has 2 unspecified atom stereocenters. The van der Waals surface area contributed by atoms with Gasteiger partial charge in [-0.2, -0.15) is 0 Å². The zero-order valence-corrected chi connectivity index (χ0v) is 32.1. The molecule has 6 atom stereocenters. The quantitative estimate of drug-likeness (QED) is 0.118. The maximum absolute atomic E-state index is 13.6. The van der Waals surface area contributed by atoms with Crippen molar-refractivity contribution in [3.63, 3.8) is 0 Å². The van der Waals surface area contributed by atoms with E-state index in [0.717, 1.165) is 76.8 Å². The first kappa shape index (κ1) is 37.5. The lowest BCUT2D eigenvalue weighted by Crippen LogP contribution is -2.36. The molecule has 1 aromatic rings. The molecule has 52 heavy (non-hydrogen) atoms. The van der Waals surface area contributed by atoms with Crippen molar-refractivity contribution in [2.24, 2.45) is 35.3 Å². The van der Waals surface area contributed by atoms with Crippen molar-refractivity contribution >= 4 is 24.1 Å². The summed E-state index contributed by atoms with van der Waals surface area (Å²) in [5, 5.41) is 23.2. The third-order valence-electron chi connectivity index (χ3n) is 11.9. The van der Waals surface area contributed by atoms with Gasteiger partial charge in [0.15, 0.2) is 0 Å². The van der Waals surface area contributed by atoms with E-state index in [4.69, 9.17) is 15.2 Å². The molecule has 4 aliphatic heterocycles. The standard InChI is InChI=1S/C42H57N5O5/c1-9-12-21(4)15-16-52-35(48)14-13-27-24(7)31-17-29-22(5)25(10-2)32(44-29)18-30-23(6)26(11-3)33(45-30)19-34-28(20-43)36-40(47-34)37(39(27)46-31)38(41(36)49)42(50)51-8/h15,17-19,24-25,28,36,38,41,44-47,49H,9-14,16,20,43H2,1-8H3/b21-15-,31-17-,32-18-,34-19-/t24-,25+,28?,36?,38+,41+/m0/s1. The van der Waals surface area contributed by atoms with Crippen molar-refractivity contribution in [2.75, 3.05) is 20.3 Å². The number of rotatable bonds is 11. The lowest BCUT2D eigenvalue weighted by Gasteiger charge is -2.24. The molecule has 8 bridgehead atoms. The van der Waals surface area contributed by atoms with Crippen LogP contribution in [0.25, 0.3) is 12.2 Å². The molecule has 1 saturated heterocycles. The van der Waals surface area contributed by atoms with Gasteiger partial charge in [-0.25, -0.2) is 0 Å². The van der Waals surface area contributed by atoms with Crippen LogP contribution in [0.4, 0.5) is 0 Å². The SMILES string of the molecule is CCC/C(C)=C\COC(=O)CCC1=C2N/C(=C\C3=C(C)[C@@H](CC)/C(=C/c4[nH]c(c(CC)c4C)/C=C4\NC5=C2[C@@H](C(=O)OC)[C@H](O)C5C4CN)N3)[C@H]1C. The number of ether oxygens (including phenoxy) is 2. The van der Waals surface area contributed by atoms with Crippen LogP contribution in [0.2, 0.25) is 0 Å². The molecule has 0 saturated carbocycles. The fourth-order valence-corrected chi connectivity index (χ4v) is 9.02. The molecule has 1 fully saturated rings. The van der Waals surface area contributed by atoms with Gasteiger partial charge in [0.05, 0.1) is 13.2 Å². The monoisotopic (exact) mass is 711 g/mol. The molecule has 0 amide bonds. The fraction of sp³-hybridized carbons (Fsp3) is 0.524. The highest BCUT2D eigenvalue weighted by Gasteiger charge is 2.55. The van der Waals surface area contributed by atoms with Crippen molar-refractivity contribution in [2.45, 2.75) is 93.1 Å². The Kier molecular flexibility index (Phi) is 11.1. The smallest absolute Gasteiger partial charge is 0.315 e. The Morgan fingerprint density at radius 3 is 2.42 bits per heavy atom. The zero-order chi connectivity index (χ0) is 37.4. The van der Waals surface area contributed by atoms with Crippen LogP contribution in [-0.2, 0) is 25.5 Å². The van der Waals surface area contributed by atoms with Crippen LogP contribution >= 0.6 is 0 Å². The summed E-state index contributed by atoms with van der Waals surface area (Å²) in [6.45, 7) is 15.6. The maximum Gasteiger partial charge on any atom is 0.315 e. The van der Waals surface area contributed by atoms with E-state index in [1.165, 1.54) is 29.4 Å². The number of carbonyl (C=O) groups excluding carboxylic acids is 2. The average Bonchev–Trinajstić information content (AvgIpc) is 3.87. The molecule has 1 aromatic heterocycles. The van der Waals surface area contributed by atoms with E-state index in [9.17, 15) is 14.7 Å². The Labute approximate surface area is 308 Å². The molecule has 1 aliphatic carbocycles. The summed E-state index contributed by atoms with van der Waals surface area (Å²) in [6.07, 6.45) is 11.9. The van der Waals surface area contributed by atoms with Crippen molar-refractivity contribution in [1.29, 1.82) is 0 Å². The fourth-order valence-electron chi connectivity index (χ4n) is 9.02. The highest BCUT2D eigenvalue weighted by atomic mass is 16.5. The number of nitrogens with two attached hydrogens (primary N) is 1. The van der Waals surface area contributed by atoms with Gasteiger partial charge in [0.25, 0.3) is 0 Å². The van der Waals surface area contributed by atoms with Crippen LogP contribution in [-0.4, -0.2) is 48.4 Å². The number of aliphatic hydroxyl groups is 1. The number of nitrogens with one attached hydrogen (secondary N) is 4. The Bertz CT molecular complexity index is 1850. The number of fused-ring (bicyclic) bond motifs is 8. The first-order chi connectivity index (χ1) is 25.0. The normalized spacial score (nSPS) is 29.6. The van der Waals surface area contributed by atoms with Crippen molar-refractivity contribution in [3.05, 3.63) is 91.1 Å². The first-order valence-corrected chi connectivity index (χ1v) is 19.1. The largest absolute Gasteiger partial charge is 0.468 e. The Balaban J connectivity index is 1.52. The second kappa shape index (κ2) is 15.4. The van der Waals surface area contributed by atoms with Gasteiger partial charge < -0.3 is 41.2 Å². The first-order valence-electron chi connectivity index (χ1n) is 19.1. The summed E-state index contributed by atoms with van der Waals surface area (Å²) < 4.78 is 11.0. The van der Waals surface area contributed by atoms with Gasteiger partial charge in [0.2, 0.25) is 0 Å². The molecular formula is C42H57N5O5. The molecule has 10 nitrogen and oxygen atoms in total. The van der Waals surface area contributed by atoms with Gasteiger partial charge in [0.1, 0.15) is 12.5 Å². The Morgan fingerprint density at radius 2 is 1.75 bits per heavy atom. The number of esters is 2. The number of methoxy groups -OCH3 is 1. The van der Waals surface area contributed by atoms with Crippen LogP contribution in [0.3, 0.4) is 0 Å². The van der Waals surface area contributed by atoms with E-state index < -0.39 is 23.9 Å². The highest BCUT2D eigenvalue weighted by Crippen LogP contribution is 2.52. The second-order valence-corrected chi connectivity index (χ2v) is 14.9. The molecule has 10 heteroatoms. The van der Waals surface area contributed by atoms with Crippen molar-refractivity contribution in [1.82, 2.24) is 20.9 Å². The molecule has 7 N–H and O–H groups in total. The minimum absolute atomic E-state index is 0.107. The third kappa shape index (κ3) is 6.60. The number of carbonyl (C=O) groups is 2. The number of hydrogen-bond donors (Lipinski definition) is 6. The average molecular weight is 712 g/mol. The lowest BCUT2D eigenvalue weighted by atomic mass is 9.85. The van der Waals surface area contributed by atoms with Gasteiger partial charge in [-0.05, 0) is 93.0 Å². The summed E-state index contributed by atoms with van der Waals surface area (Å²) >= 11 is 0. The van der Waals surface area contributed by atoms with Gasteiger partial charge in [-0.15, -0.1) is 0 Å². The molecule has 0 aromatic carbocycles. The number of H-pyrrole nitrogens is 1. The van der Waals surface area contributed by atoms with Crippen LogP contribution in [0.5, 0.6) is 0 Å². The Morgan fingerprint density at radius 1 is 1.00 bits per heavy atom. The van der Waals surface area contributed by atoms with Crippen molar-refractivity contribution in [3.8, 4) is 0 Å². The van der Waals surface area contributed by atoms with E-state index in [-0.39, 0.29) is 43.3 Å². The van der Waals surface area contributed by atoms with Crippen molar-refractivity contribution < 1.29 is 24.2 Å². The molecule has 5 aliphatic rings. The van der Waals surface area contributed by atoms with Gasteiger partial charge in [0, 0.05) is 87.8 Å². The zero-order valence-electron chi connectivity index (χ0n) is 32.1. The molecule has 5 heterocycles. The van der Waals surface area contributed by atoms with Crippen LogP contribution < -0.4 is 21.7 Å². The van der Waals surface area contributed by atoms with Crippen LogP contribution in [0.15, 0.2) is 68.6 Å². The summed E-state index contributed by atoms with van der Waals surface area (Å²) in [5.74, 6) is -2.31. The van der Waals surface area contributed by atoms with Gasteiger partial charge in [-0.3, -0.25) is 9.59 Å². The highest BCUT2D eigenvalue weighted by molar-refractivity contribution is 5.81. The minimum atomic E-state index is -1.06. The number of aliphatic hydroxyl groups excluding tert-OH is 1. The molecule has 6 rings (SSSR count). The van der Waals surface area contributed by atoms with Gasteiger partial charge >= 0.3 is 11.9 Å². The van der Waals surface area contributed by atoms with E-state index >= 15 is 0 Å². The topological polar surface area (TPSA) is 151 Å². The summed E-state index contributed by atoms with van der Waals surface area (Å²) in [7, 11) is 1.36. The molecular weight excluding hydrogens is 654 g/mol. The third-order valence-corrected chi connectivity index (χ3v) is 11.9.